The minimum atomic E-state index is -0.588. The Bertz CT molecular complexity index is 1070. The average molecular weight is 392 g/mol. The largest absolute Gasteiger partial charge is 0.454 e. The molecule has 0 aliphatic carbocycles. The van der Waals surface area contributed by atoms with Crippen LogP contribution in [0.2, 0.25) is 0 Å². The molecule has 0 atom stereocenters. The Labute approximate surface area is 167 Å². The van der Waals surface area contributed by atoms with Crippen molar-refractivity contribution >= 4 is 28.9 Å². The van der Waals surface area contributed by atoms with Gasteiger partial charge in [-0.2, -0.15) is 0 Å². The van der Waals surface area contributed by atoms with Gasteiger partial charge in [0.2, 0.25) is 6.79 Å². The summed E-state index contributed by atoms with van der Waals surface area (Å²) in [5, 5.41) is 3.90. The number of carbonyl (C=O) groups is 2. The molecular weight excluding hydrogens is 372 g/mol. The van der Waals surface area contributed by atoms with Crippen LogP contribution in [0.25, 0.3) is 17.0 Å². The molecule has 0 fully saturated rings. The first-order chi connectivity index (χ1) is 14.2. The Kier molecular flexibility index (Phi) is 5.47. The predicted molar refractivity (Wildman–Crippen MR) is 108 cm³/mol. The summed E-state index contributed by atoms with van der Waals surface area (Å²) in [5.41, 5.74) is 2.97. The van der Waals surface area contributed by atoms with Crippen LogP contribution in [0.5, 0.6) is 11.5 Å². The molecule has 1 aliphatic rings. The van der Waals surface area contributed by atoms with Crippen LogP contribution in [0.4, 0.5) is 0 Å². The van der Waals surface area contributed by atoms with Crippen molar-refractivity contribution in [3.63, 3.8) is 0 Å². The third-order valence-electron chi connectivity index (χ3n) is 4.55. The molecule has 1 aliphatic heterocycles. The van der Waals surface area contributed by atoms with Crippen LogP contribution >= 0.6 is 0 Å². The molecule has 0 radical (unpaired) electrons. The molecule has 3 aromatic rings. The topological polar surface area (TPSA) is 89.7 Å². The van der Waals surface area contributed by atoms with E-state index in [-0.39, 0.29) is 19.3 Å². The summed E-state index contributed by atoms with van der Waals surface area (Å²) in [5.74, 6) is 0.383. The van der Waals surface area contributed by atoms with E-state index in [1.807, 2.05) is 30.5 Å². The molecule has 7 heteroatoms. The van der Waals surface area contributed by atoms with Gasteiger partial charge in [-0.15, -0.1) is 0 Å². The van der Waals surface area contributed by atoms with E-state index in [0.717, 1.165) is 22.0 Å². The minimum absolute atomic E-state index is 0.194. The zero-order valence-corrected chi connectivity index (χ0v) is 15.6. The van der Waals surface area contributed by atoms with E-state index < -0.39 is 5.97 Å². The van der Waals surface area contributed by atoms with Gasteiger partial charge < -0.3 is 24.5 Å². The standard InChI is InChI=1S/C22H20N2O5/c25-21(23-10-9-16-12-24-18-4-2-1-3-17(16)18)13-27-22(26)8-6-15-5-7-19-20(11-15)29-14-28-19/h1-8,11-12,24H,9-10,13-14H2,(H,23,25)/b8-6+. The van der Waals surface area contributed by atoms with Crippen molar-refractivity contribution in [1.82, 2.24) is 10.3 Å². The third kappa shape index (κ3) is 4.57. The van der Waals surface area contributed by atoms with Gasteiger partial charge in [0.15, 0.2) is 18.1 Å². The summed E-state index contributed by atoms with van der Waals surface area (Å²) < 4.78 is 15.5. The normalized spacial score (nSPS) is 12.4. The molecule has 1 amide bonds. The van der Waals surface area contributed by atoms with Crippen molar-refractivity contribution in [1.29, 1.82) is 0 Å². The van der Waals surface area contributed by atoms with E-state index in [2.05, 4.69) is 10.3 Å². The Morgan fingerprint density at radius 3 is 2.93 bits per heavy atom. The number of ether oxygens (including phenoxy) is 3. The second kappa shape index (κ2) is 8.52. The van der Waals surface area contributed by atoms with Crippen molar-refractivity contribution in [2.75, 3.05) is 19.9 Å². The first-order valence-electron chi connectivity index (χ1n) is 9.25. The van der Waals surface area contributed by atoms with E-state index >= 15 is 0 Å². The number of carbonyl (C=O) groups excluding carboxylic acids is 2. The van der Waals surface area contributed by atoms with Crippen molar-refractivity contribution < 1.29 is 23.8 Å². The predicted octanol–water partition coefficient (Wildman–Crippen LogP) is 2.81. The maximum atomic E-state index is 11.9. The lowest BCUT2D eigenvalue weighted by atomic mass is 10.1. The van der Waals surface area contributed by atoms with E-state index in [1.165, 1.54) is 6.08 Å². The maximum absolute atomic E-state index is 11.9. The number of aromatic amines is 1. The lowest BCUT2D eigenvalue weighted by Gasteiger charge is -2.05. The van der Waals surface area contributed by atoms with Gasteiger partial charge in [-0.25, -0.2) is 4.79 Å². The van der Waals surface area contributed by atoms with Gasteiger partial charge in [0.1, 0.15) is 0 Å². The molecule has 148 valence electrons. The lowest BCUT2D eigenvalue weighted by Crippen LogP contribution is -2.30. The number of rotatable bonds is 7. The Morgan fingerprint density at radius 2 is 2.00 bits per heavy atom. The van der Waals surface area contributed by atoms with Crippen LogP contribution in [0.3, 0.4) is 0 Å². The van der Waals surface area contributed by atoms with Gasteiger partial charge in [0, 0.05) is 29.7 Å². The van der Waals surface area contributed by atoms with Crippen molar-refractivity contribution in [3.05, 3.63) is 65.9 Å². The van der Waals surface area contributed by atoms with Crippen LogP contribution in [0.1, 0.15) is 11.1 Å². The van der Waals surface area contributed by atoms with E-state index in [4.69, 9.17) is 14.2 Å². The third-order valence-corrected chi connectivity index (χ3v) is 4.55. The first-order valence-corrected chi connectivity index (χ1v) is 9.25. The van der Waals surface area contributed by atoms with Gasteiger partial charge in [-0.1, -0.05) is 24.3 Å². The lowest BCUT2D eigenvalue weighted by molar-refractivity contribution is -0.143. The summed E-state index contributed by atoms with van der Waals surface area (Å²) in [6.07, 6.45) is 5.50. The highest BCUT2D eigenvalue weighted by Crippen LogP contribution is 2.32. The minimum Gasteiger partial charge on any atom is -0.454 e. The molecule has 0 spiro atoms. The highest BCUT2D eigenvalue weighted by atomic mass is 16.7. The summed E-state index contributed by atoms with van der Waals surface area (Å²) in [7, 11) is 0. The van der Waals surface area contributed by atoms with Gasteiger partial charge in [-0.05, 0) is 41.8 Å². The van der Waals surface area contributed by atoms with Gasteiger partial charge in [0.25, 0.3) is 5.91 Å². The summed E-state index contributed by atoms with van der Waals surface area (Å²) in [6, 6.07) is 13.3. The number of benzene rings is 2. The molecule has 7 nitrogen and oxygen atoms in total. The number of hydrogen-bond donors (Lipinski definition) is 2. The fourth-order valence-electron chi connectivity index (χ4n) is 3.09. The molecule has 2 heterocycles. The van der Waals surface area contributed by atoms with Gasteiger partial charge in [-0.3, -0.25) is 4.79 Å². The molecular formula is C22H20N2O5. The van der Waals surface area contributed by atoms with Gasteiger partial charge in [0.05, 0.1) is 0 Å². The highest BCUT2D eigenvalue weighted by Gasteiger charge is 2.12. The second-order valence-corrected chi connectivity index (χ2v) is 6.51. The van der Waals surface area contributed by atoms with Crippen LogP contribution in [-0.2, 0) is 20.7 Å². The Balaban J connectivity index is 1.19. The van der Waals surface area contributed by atoms with Crippen LogP contribution in [0, 0.1) is 0 Å². The molecule has 0 unspecified atom stereocenters. The Morgan fingerprint density at radius 1 is 1.14 bits per heavy atom. The van der Waals surface area contributed by atoms with E-state index in [0.29, 0.717) is 24.5 Å². The first kappa shape index (κ1) is 18.6. The zero-order valence-electron chi connectivity index (χ0n) is 15.6. The number of H-pyrrole nitrogens is 1. The van der Waals surface area contributed by atoms with Crippen molar-refractivity contribution in [2.45, 2.75) is 6.42 Å². The van der Waals surface area contributed by atoms with Crippen molar-refractivity contribution in [2.24, 2.45) is 0 Å². The number of amides is 1. The monoisotopic (exact) mass is 392 g/mol. The second-order valence-electron chi connectivity index (χ2n) is 6.51. The van der Waals surface area contributed by atoms with E-state index in [1.54, 1.807) is 24.3 Å². The summed E-state index contributed by atoms with van der Waals surface area (Å²) >= 11 is 0. The molecule has 2 N–H and O–H groups in total. The SMILES string of the molecule is O=C(COC(=O)/C=C/c1ccc2c(c1)OCO2)NCCc1c[nH]c2ccccc12. The van der Waals surface area contributed by atoms with Crippen LogP contribution < -0.4 is 14.8 Å². The molecule has 1 aromatic heterocycles. The fourth-order valence-corrected chi connectivity index (χ4v) is 3.09. The number of hydrogen-bond acceptors (Lipinski definition) is 5. The zero-order chi connectivity index (χ0) is 20.1. The number of fused-ring (bicyclic) bond motifs is 2. The Hall–Kier alpha value is -3.74. The summed E-state index contributed by atoms with van der Waals surface area (Å²) in [6.45, 7) is 0.337. The number of nitrogens with one attached hydrogen (secondary N) is 2. The van der Waals surface area contributed by atoms with Crippen LogP contribution in [0.15, 0.2) is 54.7 Å². The molecule has 29 heavy (non-hydrogen) atoms. The smallest absolute Gasteiger partial charge is 0.331 e. The molecule has 2 aromatic carbocycles. The quantitative estimate of drug-likeness (QED) is 0.477. The average Bonchev–Trinajstić information content (AvgIpc) is 3.37. The fraction of sp³-hybridized carbons (Fsp3) is 0.182. The number of aromatic nitrogens is 1. The molecule has 4 rings (SSSR count). The molecule has 0 saturated carbocycles. The highest BCUT2D eigenvalue weighted by molar-refractivity contribution is 5.89. The van der Waals surface area contributed by atoms with Crippen LogP contribution in [-0.4, -0.2) is 36.8 Å². The maximum Gasteiger partial charge on any atom is 0.331 e. The van der Waals surface area contributed by atoms with E-state index in [9.17, 15) is 9.59 Å². The summed E-state index contributed by atoms with van der Waals surface area (Å²) in [4.78, 5) is 26.9. The molecule has 0 bridgehead atoms. The number of esters is 1. The molecule has 0 saturated heterocycles. The number of para-hydroxylation sites is 1. The van der Waals surface area contributed by atoms with Gasteiger partial charge >= 0.3 is 5.97 Å². The van der Waals surface area contributed by atoms with Crippen molar-refractivity contribution in [3.8, 4) is 11.5 Å².